The van der Waals surface area contributed by atoms with Crippen LogP contribution in [-0.4, -0.2) is 31.6 Å². The van der Waals surface area contributed by atoms with Gasteiger partial charge in [-0.25, -0.2) is 12.8 Å². The Hall–Kier alpha value is -4.00. The molecule has 184 valence electrons. The topological polar surface area (TPSA) is 94.2 Å². The third kappa shape index (κ3) is 5.46. The number of hydrogen-bond donors (Lipinski definition) is 0. The van der Waals surface area contributed by atoms with E-state index in [4.69, 9.17) is 9.47 Å². The van der Waals surface area contributed by atoms with Gasteiger partial charge in [-0.05, 0) is 35.4 Å². The van der Waals surface area contributed by atoms with E-state index < -0.39 is 15.7 Å². The minimum absolute atomic E-state index is 0.0446. The SMILES string of the molecule is COc1ccc(-c2c(-c3ccc(S(C)(=O)=O)cc3)nn(CC#N)c2COCc2ccccc2)cc1F. The highest BCUT2D eigenvalue weighted by Gasteiger charge is 2.22. The molecule has 36 heavy (non-hydrogen) atoms. The Morgan fingerprint density at radius 3 is 2.31 bits per heavy atom. The number of hydrogen-bond acceptors (Lipinski definition) is 6. The predicted molar refractivity (Wildman–Crippen MR) is 133 cm³/mol. The summed E-state index contributed by atoms with van der Waals surface area (Å²) in [5.74, 6) is -0.443. The van der Waals surface area contributed by atoms with Crippen LogP contribution in [0, 0.1) is 17.1 Å². The monoisotopic (exact) mass is 505 g/mol. The molecule has 0 fully saturated rings. The standard InChI is InChI=1S/C27H24FN3O4S/c1-34-25-13-10-21(16-23(25)28)26-24(18-35-17-19-6-4-3-5-7-19)31(15-14-29)30-27(26)20-8-11-22(12-9-20)36(2,32)33/h3-13,16H,15,17-18H2,1-2H3. The van der Waals surface area contributed by atoms with Crippen molar-refractivity contribution in [1.29, 1.82) is 5.26 Å². The summed E-state index contributed by atoms with van der Waals surface area (Å²) in [6.07, 6.45) is 1.14. The van der Waals surface area contributed by atoms with Crippen molar-refractivity contribution < 1.29 is 22.3 Å². The molecule has 0 atom stereocenters. The lowest BCUT2D eigenvalue weighted by molar-refractivity contribution is 0.102. The molecule has 0 aliphatic rings. The number of nitrogens with zero attached hydrogens (tertiary/aromatic N) is 3. The number of benzene rings is 3. The third-order valence-electron chi connectivity index (χ3n) is 5.62. The van der Waals surface area contributed by atoms with Gasteiger partial charge in [0, 0.05) is 17.4 Å². The van der Waals surface area contributed by atoms with E-state index in [0.29, 0.717) is 34.7 Å². The first-order valence-corrected chi connectivity index (χ1v) is 12.9. The summed E-state index contributed by atoms with van der Waals surface area (Å²) in [5.41, 5.74) is 3.80. The number of rotatable bonds is 9. The van der Waals surface area contributed by atoms with Crippen molar-refractivity contribution in [3.63, 3.8) is 0 Å². The molecule has 9 heteroatoms. The fraction of sp³-hybridized carbons (Fsp3) is 0.185. The van der Waals surface area contributed by atoms with E-state index in [9.17, 15) is 18.1 Å². The average molecular weight is 506 g/mol. The number of sulfone groups is 1. The zero-order valence-electron chi connectivity index (χ0n) is 19.8. The fourth-order valence-electron chi connectivity index (χ4n) is 3.87. The first-order chi connectivity index (χ1) is 17.3. The maximum Gasteiger partial charge on any atom is 0.175 e. The van der Waals surface area contributed by atoms with Crippen LogP contribution in [0.15, 0.2) is 77.7 Å². The minimum atomic E-state index is -3.38. The normalized spacial score (nSPS) is 11.3. The lowest BCUT2D eigenvalue weighted by Gasteiger charge is -2.11. The second kappa shape index (κ2) is 10.7. The molecule has 0 N–H and O–H groups in total. The molecule has 0 bridgehead atoms. The second-order valence-corrected chi connectivity index (χ2v) is 10.1. The van der Waals surface area contributed by atoms with Crippen LogP contribution in [0.5, 0.6) is 5.75 Å². The zero-order valence-corrected chi connectivity index (χ0v) is 20.6. The Balaban J connectivity index is 1.83. The summed E-state index contributed by atoms with van der Waals surface area (Å²) >= 11 is 0. The molecule has 0 spiro atoms. The van der Waals surface area contributed by atoms with Crippen LogP contribution >= 0.6 is 0 Å². The number of ether oxygens (including phenoxy) is 2. The van der Waals surface area contributed by atoms with Crippen LogP contribution < -0.4 is 4.74 Å². The molecule has 0 saturated carbocycles. The number of halogens is 1. The van der Waals surface area contributed by atoms with E-state index in [1.165, 1.54) is 36.1 Å². The average Bonchev–Trinajstić information content (AvgIpc) is 3.22. The minimum Gasteiger partial charge on any atom is -0.494 e. The Labute approximate surface area is 209 Å². The smallest absolute Gasteiger partial charge is 0.175 e. The van der Waals surface area contributed by atoms with Crippen LogP contribution in [0.3, 0.4) is 0 Å². The van der Waals surface area contributed by atoms with E-state index in [2.05, 4.69) is 11.2 Å². The predicted octanol–water partition coefficient (Wildman–Crippen LogP) is 5.01. The molecule has 0 unspecified atom stereocenters. The van der Waals surface area contributed by atoms with Gasteiger partial charge in [-0.15, -0.1) is 0 Å². The van der Waals surface area contributed by atoms with Gasteiger partial charge in [0.2, 0.25) is 0 Å². The van der Waals surface area contributed by atoms with Gasteiger partial charge in [0.05, 0.1) is 37.0 Å². The molecule has 4 aromatic rings. The third-order valence-corrected chi connectivity index (χ3v) is 6.75. The summed E-state index contributed by atoms with van der Waals surface area (Å²) in [7, 11) is -1.99. The van der Waals surface area contributed by atoms with Crippen molar-refractivity contribution >= 4 is 9.84 Å². The summed E-state index contributed by atoms with van der Waals surface area (Å²) in [4.78, 5) is 0.172. The van der Waals surface area contributed by atoms with Gasteiger partial charge in [0.1, 0.15) is 12.2 Å². The largest absolute Gasteiger partial charge is 0.494 e. The molecule has 0 saturated heterocycles. The highest BCUT2D eigenvalue weighted by Crippen LogP contribution is 2.37. The molecular weight excluding hydrogens is 481 g/mol. The maximum atomic E-state index is 14.7. The van der Waals surface area contributed by atoms with E-state index in [0.717, 1.165) is 11.8 Å². The van der Waals surface area contributed by atoms with E-state index in [1.807, 2.05) is 30.3 Å². The van der Waals surface area contributed by atoms with Crippen LogP contribution in [0.1, 0.15) is 11.3 Å². The van der Waals surface area contributed by atoms with E-state index in [-0.39, 0.29) is 23.8 Å². The molecule has 0 aliphatic carbocycles. The van der Waals surface area contributed by atoms with Gasteiger partial charge < -0.3 is 9.47 Å². The first-order valence-electron chi connectivity index (χ1n) is 11.0. The number of nitriles is 1. The van der Waals surface area contributed by atoms with Crippen LogP contribution in [0.2, 0.25) is 0 Å². The fourth-order valence-corrected chi connectivity index (χ4v) is 4.50. The van der Waals surface area contributed by atoms with Crippen molar-refractivity contribution in [2.75, 3.05) is 13.4 Å². The summed E-state index contributed by atoms with van der Waals surface area (Å²) < 4.78 is 51.1. The van der Waals surface area contributed by atoms with Gasteiger partial charge in [0.15, 0.2) is 21.4 Å². The lowest BCUT2D eigenvalue weighted by Crippen LogP contribution is -2.06. The molecule has 1 aromatic heterocycles. The molecule has 0 amide bonds. The summed E-state index contributed by atoms with van der Waals surface area (Å²) in [6.45, 7) is 0.415. The Morgan fingerprint density at radius 2 is 1.69 bits per heavy atom. The molecule has 3 aromatic carbocycles. The summed E-state index contributed by atoms with van der Waals surface area (Å²) in [5, 5.41) is 14.1. The zero-order chi connectivity index (χ0) is 25.7. The molecule has 0 aliphatic heterocycles. The van der Waals surface area contributed by atoms with Crippen molar-refractivity contribution in [1.82, 2.24) is 9.78 Å². The molecular formula is C27H24FN3O4S. The van der Waals surface area contributed by atoms with Gasteiger partial charge >= 0.3 is 0 Å². The Kier molecular flexibility index (Phi) is 7.48. The lowest BCUT2D eigenvalue weighted by atomic mass is 9.98. The van der Waals surface area contributed by atoms with E-state index >= 15 is 0 Å². The molecule has 7 nitrogen and oxygen atoms in total. The van der Waals surface area contributed by atoms with Crippen LogP contribution in [0.25, 0.3) is 22.4 Å². The van der Waals surface area contributed by atoms with Gasteiger partial charge in [0.25, 0.3) is 0 Å². The maximum absolute atomic E-state index is 14.7. The van der Waals surface area contributed by atoms with Crippen molar-refractivity contribution in [2.45, 2.75) is 24.7 Å². The Morgan fingerprint density at radius 1 is 1.00 bits per heavy atom. The second-order valence-electron chi connectivity index (χ2n) is 8.11. The van der Waals surface area contributed by atoms with Crippen molar-refractivity contribution in [2.24, 2.45) is 0 Å². The molecule has 1 heterocycles. The quantitative estimate of drug-likeness (QED) is 0.317. The first kappa shape index (κ1) is 25.1. The van der Waals surface area contributed by atoms with Gasteiger partial charge in [-0.3, -0.25) is 4.68 Å². The molecule has 4 rings (SSSR count). The number of methoxy groups -OCH3 is 1. The highest BCUT2D eigenvalue weighted by atomic mass is 32.2. The number of aromatic nitrogens is 2. The van der Waals surface area contributed by atoms with E-state index in [1.54, 1.807) is 18.2 Å². The molecule has 0 radical (unpaired) electrons. The van der Waals surface area contributed by atoms with Crippen molar-refractivity contribution in [3.8, 4) is 34.2 Å². The highest BCUT2D eigenvalue weighted by molar-refractivity contribution is 7.90. The van der Waals surface area contributed by atoms with Gasteiger partial charge in [-0.1, -0.05) is 48.5 Å². The summed E-state index contributed by atoms with van der Waals surface area (Å²) in [6, 6.07) is 22.6. The van der Waals surface area contributed by atoms with Gasteiger partial charge in [-0.2, -0.15) is 10.4 Å². The van der Waals surface area contributed by atoms with Crippen molar-refractivity contribution in [3.05, 3.63) is 89.9 Å². The van der Waals surface area contributed by atoms with Crippen LogP contribution in [0.4, 0.5) is 4.39 Å². The Bertz CT molecular complexity index is 1510. The van der Waals surface area contributed by atoms with Crippen LogP contribution in [-0.2, 0) is 34.3 Å².